The van der Waals surface area contributed by atoms with Crippen molar-refractivity contribution in [3.8, 4) is 0 Å². The van der Waals surface area contributed by atoms with Crippen molar-refractivity contribution >= 4 is 27.5 Å². The Kier molecular flexibility index (Phi) is 5.78. The molecule has 0 radical (unpaired) electrons. The molecule has 0 saturated heterocycles. The van der Waals surface area contributed by atoms with Gasteiger partial charge in [0.25, 0.3) is 5.91 Å². The molecule has 0 spiro atoms. The molecule has 5 nitrogen and oxygen atoms in total. The zero-order valence-corrected chi connectivity index (χ0v) is 14.2. The van der Waals surface area contributed by atoms with Gasteiger partial charge in [-0.25, -0.2) is 13.6 Å². The molecule has 7 heteroatoms. The first kappa shape index (κ1) is 17.9. The summed E-state index contributed by atoms with van der Waals surface area (Å²) in [5.74, 6) is -0.0427. The first-order chi connectivity index (χ1) is 9.57. The largest absolute Gasteiger partial charge is 0.349 e. The van der Waals surface area contributed by atoms with Crippen LogP contribution in [-0.2, 0) is 10.0 Å². The van der Waals surface area contributed by atoms with E-state index >= 15 is 0 Å². The summed E-state index contributed by atoms with van der Waals surface area (Å²) in [6, 6.07) is 2.48. The lowest BCUT2D eigenvalue weighted by atomic mass is 10.00. The number of hydrogen-bond donors (Lipinski definition) is 2. The molecule has 0 aromatic heterocycles. The summed E-state index contributed by atoms with van der Waals surface area (Å²) in [6.45, 7) is 7.65. The summed E-state index contributed by atoms with van der Waals surface area (Å²) >= 11 is 6.00. The summed E-state index contributed by atoms with van der Waals surface area (Å²) < 4.78 is 22.9. The molecule has 1 aromatic carbocycles. The first-order valence-corrected chi connectivity index (χ1v) is 8.64. The van der Waals surface area contributed by atoms with E-state index in [0.717, 1.165) is 6.42 Å². The van der Waals surface area contributed by atoms with Crippen LogP contribution in [0.25, 0.3) is 0 Å². The number of nitrogens with one attached hydrogen (secondary N) is 1. The van der Waals surface area contributed by atoms with Crippen molar-refractivity contribution in [1.82, 2.24) is 5.32 Å². The van der Waals surface area contributed by atoms with Crippen molar-refractivity contribution in [3.05, 3.63) is 28.3 Å². The fourth-order valence-corrected chi connectivity index (χ4v) is 2.68. The molecule has 0 aliphatic heterocycles. The van der Waals surface area contributed by atoms with Crippen LogP contribution in [0.15, 0.2) is 17.0 Å². The molecule has 0 aliphatic rings. The molecule has 0 aliphatic carbocycles. The SMILES string of the molecule is CCC(C)C(C)NC(=O)c1cc(S(N)(=O)=O)cc(Cl)c1C. The topological polar surface area (TPSA) is 89.3 Å². The van der Waals surface area contributed by atoms with Crippen LogP contribution in [0.5, 0.6) is 0 Å². The summed E-state index contributed by atoms with van der Waals surface area (Å²) in [4.78, 5) is 12.2. The van der Waals surface area contributed by atoms with E-state index in [2.05, 4.69) is 5.32 Å². The van der Waals surface area contributed by atoms with Crippen LogP contribution in [0.3, 0.4) is 0 Å². The number of carbonyl (C=O) groups is 1. The van der Waals surface area contributed by atoms with Crippen LogP contribution in [0, 0.1) is 12.8 Å². The second-order valence-electron chi connectivity index (χ2n) is 5.27. The van der Waals surface area contributed by atoms with Crippen molar-refractivity contribution in [2.45, 2.75) is 45.1 Å². The highest BCUT2D eigenvalue weighted by Gasteiger charge is 2.20. The van der Waals surface area contributed by atoms with Crippen molar-refractivity contribution in [2.24, 2.45) is 11.1 Å². The van der Waals surface area contributed by atoms with Gasteiger partial charge >= 0.3 is 0 Å². The summed E-state index contributed by atoms with van der Waals surface area (Å²) in [5, 5.41) is 8.16. The molecule has 1 rings (SSSR count). The molecule has 0 heterocycles. The fraction of sp³-hybridized carbons (Fsp3) is 0.500. The molecule has 3 N–H and O–H groups in total. The van der Waals surface area contributed by atoms with Gasteiger partial charge in [-0.05, 0) is 37.5 Å². The maximum atomic E-state index is 12.3. The Morgan fingerprint density at radius 3 is 2.43 bits per heavy atom. The normalized spacial score (nSPS) is 14.6. The van der Waals surface area contributed by atoms with E-state index < -0.39 is 10.0 Å². The highest BCUT2D eigenvalue weighted by molar-refractivity contribution is 7.89. The molecule has 0 bridgehead atoms. The van der Waals surface area contributed by atoms with Crippen molar-refractivity contribution in [2.75, 3.05) is 0 Å². The zero-order valence-electron chi connectivity index (χ0n) is 12.6. The monoisotopic (exact) mass is 332 g/mol. The Morgan fingerprint density at radius 1 is 1.38 bits per heavy atom. The van der Waals surface area contributed by atoms with E-state index in [0.29, 0.717) is 11.5 Å². The number of hydrogen-bond acceptors (Lipinski definition) is 3. The standard InChI is InChI=1S/C14H21ClN2O3S/c1-5-8(2)10(4)17-14(18)12-6-11(21(16,19)20)7-13(15)9(12)3/h6-8,10H,5H2,1-4H3,(H,17,18)(H2,16,19,20). The molecule has 2 atom stereocenters. The smallest absolute Gasteiger partial charge is 0.251 e. The number of carbonyl (C=O) groups excluding carboxylic acids is 1. The maximum Gasteiger partial charge on any atom is 0.251 e. The van der Waals surface area contributed by atoms with E-state index in [-0.39, 0.29) is 27.4 Å². The molecule has 0 fully saturated rings. The van der Waals surface area contributed by atoms with Gasteiger partial charge in [0, 0.05) is 16.6 Å². The Hall–Kier alpha value is -1.11. The average molecular weight is 333 g/mol. The van der Waals surface area contributed by atoms with Gasteiger partial charge in [-0.3, -0.25) is 4.79 Å². The molecule has 2 unspecified atom stereocenters. The van der Waals surface area contributed by atoms with Gasteiger partial charge in [0.15, 0.2) is 0 Å². The van der Waals surface area contributed by atoms with Gasteiger partial charge < -0.3 is 5.32 Å². The second-order valence-corrected chi connectivity index (χ2v) is 7.24. The highest BCUT2D eigenvalue weighted by Crippen LogP contribution is 2.24. The van der Waals surface area contributed by atoms with Crippen LogP contribution in [0.2, 0.25) is 5.02 Å². The summed E-state index contributed by atoms with van der Waals surface area (Å²) in [6.07, 6.45) is 0.929. The molecule has 0 saturated carbocycles. The molecule has 21 heavy (non-hydrogen) atoms. The predicted octanol–water partition coefficient (Wildman–Crippen LogP) is 2.46. The molecular weight excluding hydrogens is 312 g/mol. The van der Waals surface area contributed by atoms with Gasteiger partial charge in [0.05, 0.1) is 4.90 Å². The van der Waals surface area contributed by atoms with Crippen LogP contribution < -0.4 is 10.5 Å². The van der Waals surface area contributed by atoms with Crippen molar-refractivity contribution < 1.29 is 13.2 Å². The van der Waals surface area contributed by atoms with Gasteiger partial charge in [-0.1, -0.05) is 31.9 Å². The minimum atomic E-state index is -3.91. The summed E-state index contributed by atoms with van der Waals surface area (Å²) in [5.41, 5.74) is 0.750. The van der Waals surface area contributed by atoms with Crippen molar-refractivity contribution in [3.63, 3.8) is 0 Å². The molecular formula is C14H21ClN2O3S. The van der Waals surface area contributed by atoms with E-state index in [1.165, 1.54) is 12.1 Å². The second kappa shape index (κ2) is 6.77. The van der Waals surface area contributed by atoms with E-state index in [1.54, 1.807) is 6.92 Å². The maximum absolute atomic E-state index is 12.3. The van der Waals surface area contributed by atoms with Crippen LogP contribution in [0.4, 0.5) is 0 Å². The number of halogens is 1. The molecule has 1 amide bonds. The highest BCUT2D eigenvalue weighted by atomic mass is 35.5. The van der Waals surface area contributed by atoms with Gasteiger partial charge in [0.2, 0.25) is 10.0 Å². The number of nitrogens with two attached hydrogens (primary N) is 1. The lowest BCUT2D eigenvalue weighted by molar-refractivity contribution is 0.0927. The number of rotatable bonds is 5. The third-order valence-electron chi connectivity index (χ3n) is 3.75. The Labute approximate surface area is 130 Å². The van der Waals surface area contributed by atoms with Crippen LogP contribution in [-0.4, -0.2) is 20.4 Å². The third-order valence-corrected chi connectivity index (χ3v) is 5.03. The Bertz CT molecular complexity index is 644. The van der Waals surface area contributed by atoms with Gasteiger partial charge in [-0.15, -0.1) is 0 Å². The fourth-order valence-electron chi connectivity index (χ4n) is 1.83. The van der Waals surface area contributed by atoms with Gasteiger partial charge in [0.1, 0.15) is 0 Å². The lowest BCUT2D eigenvalue weighted by Gasteiger charge is -2.20. The first-order valence-electron chi connectivity index (χ1n) is 6.71. The van der Waals surface area contributed by atoms with E-state index in [4.69, 9.17) is 16.7 Å². The lowest BCUT2D eigenvalue weighted by Crippen LogP contribution is -2.37. The number of sulfonamides is 1. The number of amides is 1. The molecule has 118 valence electrons. The number of primary sulfonamides is 1. The predicted molar refractivity (Wildman–Crippen MR) is 83.9 cm³/mol. The third kappa shape index (κ3) is 4.43. The van der Waals surface area contributed by atoms with Gasteiger partial charge in [-0.2, -0.15) is 0 Å². The van der Waals surface area contributed by atoms with Crippen LogP contribution >= 0.6 is 11.6 Å². The summed E-state index contributed by atoms with van der Waals surface area (Å²) in [7, 11) is -3.91. The van der Waals surface area contributed by atoms with Crippen molar-refractivity contribution in [1.29, 1.82) is 0 Å². The Morgan fingerprint density at radius 2 is 1.95 bits per heavy atom. The minimum absolute atomic E-state index is 0.0289. The molecule has 1 aromatic rings. The van der Waals surface area contributed by atoms with Crippen LogP contribution in [0.1, 0.15) is 43.1 Å². The quantitative estimate of drug-likeness (QED) is 0.867. The minimum Gasteiger partial charge on any atom is -0.349 e. The Balaban J connectivity index is 3.18. The average Bonchev–Trinajstić information content (AvgIpc) is 2.39. The van der Waals surface area contributed by atoms with E-state index in [9.17, 15) is 13.2 Å². The van der Waals surface area contributed by atoms with E-state index in [1.807, 2.05) is 20.8 Å². The number of benzene rings is 1. The zero-order chi connectivity index (χ0) is 16.4.